The van der Waals surface area contributed by atoms with Crippen LogP contribution in [-0.4, -0.2) is 19.3 Å². The van der Waals surface area contributed by atoms with Crippen molar-refractivity contribution in [3.05, 3.63) is 24.2 Å². The number of nitrogens with one attached hydrogen (secondary N) is 1. The summed E-state index contributed by atoms with van der Waals surface area (Å²) in [6.07, 6.45) is 4.45. The monoisotopic (exact) mass is 197 g/mol. The first-order chi connectivity index (χ1) is 6.64. The van der Waals surface area contributed by atoms with E-state index < -0.39 is 0 Å². The van der Waals surface area contributed by atoms with E-state index in [-0.39, 0.29) is 5.60 Å². The first-order valence-corrected chi connectivity index (χ1v) is 4.91. The highest BCUT2D eigenvalue weighted by Crippen LogP contribution is 2.11. The minimum Gasteiger partial charge on any atom is -0.472 e. The molecule has 1 aromatic heterocycles. The molecule has 0 unspecified atom stereocenters. The average Bonchev–Trinajstić information content (AvgIpc) is 2.65. The van der Waals surface area contributed by atoms with Gasteiger partial charge in [-0.3, -0.25) is 0 Å². The molecule has 0 aliphatic rings. The van der Waals surface area contributed by atoms with Gasteiger partial charge in [-0.25, -0.2) is 0 Å². The fourth-order valence-corrected chi connectivity index (χ4v) is 1.12. The fourth-order valence-electron chi connectivity index (χ4n) is 1.12. The van der Waals surface area contributed by atoms with Crippen molar-refractivity contribution >= 4 is 0 Å². The second-order valence-corrected chi connectivity index (χ2v) is 4.02. The van der Waals surface area contributed by atoms with E-state index in [1.807, 2.05) is 6.07 Å². The van der Waals surface area contributed by atoms with E-state index in [1.54, 1.807) is 19.6 Å². The van der Waals surface area contributed by atoms with Gasteiger partial charge in [-0.15, -0.1) is 0 Å². The van der Waals surface area contributed by atoms with Crippen molar-refractivity contribution in [1.82, 2.24) is 5.32 Å². The Balaban J connectivity index is 2.11. The average molecular weight is 197 g/mol. The molecule has 1 aromatic rings. The van der Waals surface area contributed by atoms with Crippen LogP contribution in [0.25, 0.3) is 0 Å². The Kier molecular flexibility index (Phi) is 4.17. The van der Waals surface area contributed by atoms with E-state index >= 15 is 0 Å². The molecule has 0 aliphatic heterocycles. The third kappa shape index (κ3) is 3.94. The molecule has 1 heterocycles. The Morgan fingerprint density at radius 1 is 1.50 bits per heavy atom. The predicted molar refractivity (Wildman–Crippen MR) is 56.1 cm³/mol. The number of ether oxygens (including phenoxy) is 1. The Morgan fingerprint density at radius 2 is 2.29 bits per heavy atom. The SMILES string of the molecule is COC(C)(C)CCNCc1ccoc1. The summed E-state index contributed by atoms with van der Waals surface area (Å²) in [5.74, 6) is 0. The quantitative estimate of drug-likeness (QED) is 0.710. The van der Waals surface area contributed by atoms with Gasteiger partial charge in [0.25, 0.3) is 0 Å². The first-order valence-electron chi connectivity index (χ1n) is 4.91. The molecule has 0 aliphatic carbocycles. The van der Waals surface area contributed by atoms with E-state index in [0.717, 1.165) is 19.5 Å². The molecular weight excluding hydrogens is 178 g/mol. The van der Waals surface area contributed by atoms with Crippen LogP contribution in [0.5, 0.6) is 0 Å². The van der Waals surface area contributed by atoms with Crippen molar-refractivity contribution < 1.29 is 9.15 Å². The number of methoxy groups -OCH3 is 1. The minimum atomic E-state index is -0.0383. The van der Waals surface area contributed by atoms with Crippen molar-refractivity contribution in [3.63, 3.8) is 0 Å². The number of rotatable bonds is 6. The van der Waals surface area contributed by atoms with E-state index in [9.17, 15) is 0 Å². The molecule has 0 bridgehead atoms. The van der Waals surface area contributed by atoms with Crippen LogP contribution in [0, 0.1) is 0 Å². The van der Waals surface area contributed by atoms with Gasteiger partial charge in [0, 0.05) is 19.2 Å². The van der Waals surface area contributed by atoms with Crippen molar-refractivity contribution in [2.45, 2.75) is 32.4 Å². The summed E-state index contributed by atoms with van der Waals surface area (Å²) < 4.78 is 10.3. The zero-order valence-electron chi connectivity index (χ0n) is 9.17. The van der Waals surface area contributed by atoms with Gasteiger partial charge in [0.15, 0.2) is 0 Å². The lowest BCUT2D eigenvalue weighted by atomic mass is 10.1. The maximum Gasteiger partial charge on any atom is 0.0947 e. The van der Waals surface area contributed by atoms with E-state index in [4.69, 9.17) is 9.15 Å². The highest BCUT2D eigenvalue weighted by molar-refractivity contribution is 5.04. The van der Waals surface area contributed by atoms with Gasteiger partial charge in [0.2, 0.25) is 0 Å². The van der Waals surface area contributed by atoms with E-state index in [0.29, 0.717) is 0 Å². The molecule has 1 rings (SSSR count). The fraction of sp³-hybridized carbons (Fsp3) is 0.636. The van der Waals surface area contributed by atoms with Crippen LogP contribution in [0.4, 0.5) is 0 Å². The van der Waals surface area contributed by atoms with E-state index in [2.05, 4.69) is 19.2 Å². The molecule has 80 valence electrons. The van der Waals surface area contributed by atoms with Crippen molar-refractivity contribution in [3.8, 4) is 0 Å². The van der Waals surface area contributed by atoms with Crippen LogP contribution in [-0.2, 0) is 11.3 Å². The molecule has 0 amide bonds. The molecule has 14 heavy (non-hydrogen) atoms. The second kappa shape index (κ2) is 5.17. The maximum absolute atomic E-state index is 5.32. The lowest BCUT2D eigenvalue weighted by molar-refractivity contribution is 0.0158. The topological polar surface area (TPSA) is 34.4 Å². The molecule has 0 spiro atoms. The lowest BCUT2D eigenvalue weighted by Gasteiger charge is -2.22. The smallest absolute Gasteiger partial charge is 0.0947 e. The van der Waals surface area contributed by atoms with Crippen molar-refractivity contribution in [2.24, 2.45) is 0 Å². The van der Waals surface area contributed by atoms with Gasteiger partial charge in [-0.2, -0.15) is 0 Å². The van der Waals surface area contributed by atoms with Gasteiger partial charge >= 0.3 is 0 Å². The molecule has 0 saturated heterocycles. The minimum absolute atomic E-state index is 0.0383. The van der Waals surface area contributed by atoms with Crippen LogP contribution in [0.2, 0.25) is 0 Å². The van der Waals surface area contributed by atoms with Crippen LogP contribution in [0.1, 0.15) is 25.8 Å². The zero-order valence-corrected chi connectivity index (χ0v) is 9.17. The maximum atomic E-state index is 5.32. The number of furan rings is 1. The second-order valence-electron chi connectivity index (χ2n) is 4.02. The standard InChI is InChI=1S/C11H19NO2/c1-11(2,13-3)5-6-12-8-10-4-7-14-9-10/h4,7,9,12H,5-6,8H2,1-3H3. The molecule has 1 N–H and O–H groups in total. The zero-order chi connectivity index (χ0) is 10.4. The van der Waals surface area contributed by atoms with Gasteiger partial charge in [-0.05, 0) is 32.9 Å². The lowest BCUT2D eigenvalue weighted by Crippen LogP contribution is -2.28. The van der Waals surface area contributed by atoms with Crippen LogP contribution < -0.4 is 5.32 Å². The Morgan fingerprint density at radius 3 is 2.86 bits per heavy atom. The summed E-state index contributed by atoms with van der Waals surface area (Å²) in [7, 11) is 1.75. The van der Waals surface area contributed by atoms with Gasteiger partial charge in [0.05, 0.1) is 18.1 Å². The summed E-state index contributed by atoms with van der Waals surface area (Å²) in [5.41, 5.74) is 1.14. The summed E-state index contributed by atoms with van der Waals surface area (Å²) in [6.45, 7) is 5.99. The number of hydrogen-bond donors (Lipinski definition) is 1. The Hall–Kier alpha value is -0.800. The molecule has 0 saturated carbocycles. The normalized spacial score (nSPS) is 11.9. The van der Waals surface area contributed by atoms with Gasteiger partial charge in [0.1, 0.15) is 0 Å². The van der Waals surface area contributed by atoms with Crippen LogP contribution >= 0.6 is 0 Å². The first kappa shape index (κ1) is 11.3. The summed E-state index contributed by atoms with van der Waals surface area (Å²) in [5, 5.41) is 3.34. The predicted octanol–water partition coefficient (Wildman–Crippen LogP) is 2.18. The molecular formula is C11H19NO2. The highest BCUT2D eigenvalue weighted by atomic mass is 16.5. The highest BCUT2D eigenvalue weighted by Gasteiger charge is 2.14. The van der Waals surface area contributed by atoms with Crippen molar-refractivity contribution in [2.75, 3.05) is 13.7 Å². The Labute approximate surface area is 85.4 Å². The third-order valence-corrected chi connectivity index (χ3v) is 2.37. The van der Waals surface area contributed by atoms with Gasteiger partial charge < -0.3 is 14.5 Å². The molecule has 3 heteroatoms. The largest absolute Gasteiger partial charge is 0.472 e. The summed E-state index contributed by atoms with van der Waals surface area (Å²) in [4.78, 5) is 0. The number of hydrogen-bond acceptors (Lipinski definition) is 3. The molecule has 0 radical (unpaired) electrons. The molecule has 0 atom stereocenters. The summed E-state index contributed by atoms with van der Waals surface area (Å²) in [6, 6.07) is 1.97. The van der Waals surface area contributed by atoms with Crippen LogP contribution in [0.3, 0.4) is 0 Å². The van der Waals surface area contributed by atoms with Crippen LogP contribution in [0.15, 0.2) is 23.0 Å². The van der Waals surface area contributed by atoms with Gasteiger partial charge in [-0.1, -0.05) is 0 Å². The molecule has 3 nitrogen and oxygen atoms in total. The third-order valence-electron chi connectivity index (χ3n) is 2.37. The molecule has 0 aromatic carbocycles. The summed E-state index contributed by atoms with van der Waals surface area (Å²) >= 11 is 0. The van der Waals surface area contributed by atoms with E-state index in [1.165, 1.54) is 5.56 Å². The van der Waals surface area contributed by atoms with Crippen molar-refractivity contribution in [1.29, 1.82) is 0 Å². The molecule has 0 fully saturated rings. The Bertz CT molecular complexity index is 242.